The van der Waals surface area contributed by atoms with Crippen LogP contribution >= 0.6 is 0 Å². The van der Waals surface area contributed by atoms with Crippen LogP contribution in [0.5, 0.6) is 5.75 Å². The second-order valence-electron chi connectivity index (χ2n) is 6.80. The van der Waals surface area contributed by atoms with Gasteiger partial charge in [0.25, 0.3) is 0 Å². The Hall–Kier alpha value is -2.81. The lowest BCUT2D eigenvalue weighted by Gasteiger charge is -2.41. The van der Waals surface area contributed by atoms with Gasteiger partial charge in [-0.05, 0) is 49.1 Å². The molecule has 6 heteroatoms. The molecular weight excluding hydrogens is 316 g/mol. The zero-order chi connectivity index (χ0) is 17.4. The molecule has 4 rings (SSSR count). The van der Waals surface area contributed by atoms with Crippen molar-refractivity contribution in [2.75, 3.05) is 13.1 Å². The molecule has 1 aromatic carbocycles. The van der Waals surface area contributed by atoms with Gasteiger partial charge in [-0.1, -0.05) is 0 Å². The quantitative estimate of drug-likeness (QED) is 0.855. The predicted octanol–water partition coefficient (Wildman–Crippen LogP) is 1.69. The first-order valence-electron chi connectivity index (χ1n) is 8.59. The van der Waals surface area contributed by atoms with E-state index in [4.69, 9.17) is 10.00 Å². The standard InChI is InChI=1S/C19H20N4O2/c1-22-18-7-4-14(8-15(18)10-21-22)19(24)23-11-17(12-23)25-16-5-2-13(9-20)3-6-16/h2-3,5-6,10,14,17H,4,7-8,11-12H2,1H3. The summed E-state index contributed by atoms with van der Waals surface area (Å²) in [6, 6.07) is 9.17. The maximum atomic E-state index is 12.7. The Morgan fingerprint density at radius 2 is 2.08 bits per heavy atom. The van der Waals surface area contributed by atoms with E-state index in [-0.39, 0.29) is 17.9 Å². The van der Waals surface area contributed by atoms with Crippen LogP contribution in [0.25, 0.3) is 0 Å². The monoisotopic (exact) mass is 336 g/mol. The summed E-state index contributed by atoms with van der Waals surface area (Å²) in [6.07, 6.45) is 4.53. The molecule has 0 bridgehead atoms. The number of rotatable bonds is 3. The molecule has 1 aromatic heterocycles. The van der Waals surface area contributed by atoms with E-state index in [0.29, 0.717) is 18.7 Å². The van der Waals surface area contributed by atoms with Crippen molar-refractivity contribution < 1.29 is 9.53 Å². The number of fused-ring (bicyclic) bond motifs is 1. The second kappa shape index (κ2) is 6.25. The highest BCUT2D eigenvalue weighted by Crippen LogP contribution is 2.28. The van der Waals surface area contributed by atoms with Crippen molar-refractivity contribution in [2.24, 2.45) is 13.0 Å². The fourth-order valence-electron chi connectivity index (χ4n) is 3.64. The Labute approximate surface area is 146 Å². The number of hydrogen-bond donors (Lipinski definition) is 0. The summed E-state index contributed by atoms with van der Waals surface area (Å²) < 4.78 is 7.78. The number of carbonyl (C=O) groups is 1. The molecule has 6 nitrogen and oxygen atoms in total. The third-order valence-corrected chi connectivity index (χ3v) is 5.14. The minimum absolute atomic E-state index is 0.0365. The van der Waals surface area contributed by atoms with Gasteiger partial charge in [0.1, 0.15) is 11.9 Å². The van der Waals surface area contributed by atoms with E-state index in [1.54, 1.807) is 24.3 Å². The van der Waals surface area contributed by atoms with Gasteiger partial charge < -0.3 is 9.64 Å². The molecule has 0 spiro atoms. The van der Waals surface area contributed by atoms with Gasteiger partial charge in [-0.25, -0.2) is 0 Å². The van der Waals surface area contributed by atoms with Crippen LogP contribution in [0.3, 0.4) is 0 Å². The zero-order valence-electron chi connectivity index (χ0n) is 14.2. The number of aryl methyl sites for hydroxylation is 1. The minimum Gasteiger partial charge on any atom is -0.487 e. The van der Waals surface area contributed by atoms with Gasteiger partial charge in [-0.2, -0.15) is 10.4 Å². The molecular formula is C19H20N4O2. The first-order chi connectivity index (χ1) is 12.1. The van der Waals surface area contributed by atoms with Crippen molar-refractivity contribution in [3.8, 4) is 11.8 Å². The van der Waals surface area contributed by atoms with Crippen molar-refractivity contribution in [1.82, 2.24) is 14.7 Å². The van der Waals surface area contributed by atoms with Crippen LogP contribution in [0.1, 0.15) is 23.2 Å². The van der Waals surface area contributed by atoms with Gasteiger partial charge in [0.2, 0.25) is 5.91 Å². The third-order valence-electron chi connectivity index (χ3n) is 5.14. The predicted molar refractivity (Wildman–Crippen MR) is 90.9 cm³/mol. The second-order valence-corrected chi connectivity index (χ2v) is 6.80. The van der Waals surface area contributed by atoms with Crippen LogP contribution in [0.2, 0.25) is 0 Å². The molecule has 25 heavy (non-hydrogen) atoms. The summed E-state index contributed by atoms with van der Waals surface area (Å²) in [5.41, 5.74) is 3.08. The molecule has 2 aliphatic rings. The van der Waals surface area contributed by atoms with Crippen LogP contribution < -0.4 is 4.74 Å². The molecule has 0 saturated carbocycles. The number of benzene rings is 1. The number of nitrogens with zero attached hydrogens (tertiary/aromatic N) is 4. The largest absolute Gasteiger partial charge is 0.487 e. The molecule has 128 valence electrons. The summed E-state index contributed by atoms with van der Waals surface area (Å²) in [4.78, 5) is 14.6. The summed E-state index contributed by atoms with van der Waals surface area (Å²) in [5.74, 6) is 1.04. The van der Waals surface area contributed by atoms with Gasteiger partial charge in [-0.15, -0.1) is 0 Å². The van der Waals surface area contributed by atoms with Crippen LogP contribution in [-0.2, 0) is 24.7 Å². The lowest BCUT2D eigenvalue weighted by atomic mass is 9.86. The molecule has 0 radical (unpaired) electrons. The third kappa shape index (κ3) is 2.98. The minimum atomic E-state index is 0.0365. The van der Waals surface area contributed by atoms with Gasteiger partial charge >= 0.3 is 0 Å². The lowest BCUT2D eigenvalue weighted by molar-refractivity contribution is -0.144. The Morgan fingerprint density at radius 3 is 2.80 bits per heavy atom. The number of nitriles is 1. The van der Waals surface area contributed by atoms with Gasteiger partial charge in [-0.3, -0.25) is 9.48 Å². The number of aromatic nitrogens is 2. The Kier molecular flexibility index (Phi) is 3.92. The molecule has 2 aromatic rings. The average Bonchev–Trinajstić information content (AvgIpc) is 2.98. The summed E-state index contributed by atoms with van der Waals surface area (Å²) in [7, 11) is 1.96. The molecule has 0 N–H and O–H groups in total. The molecule has 1 unspecified atom stereocenters. The molecule has 1 fully saturated rings. The van der Waals surface area contributed by atoms with Gasteiger partial charge in [0, 0.05) is 18.7 Å². The van der Waals surface area contributed by atoms with E-state index < -0.39 is 0 Å². The Balaban J connectivity index is 1.30. The van der Waals surface area contributed by atoms with Crippen LogP contribution in [-0.4, -0.2) is 39.8 Å². The maximum Gasteiger partial charge on any atom is 0.226 e. The first-order valence-corrected chi connectivity index (χ1v) is 8.59. The average molecular weight is 336 g/mol. The van der Waals surface area contributed by atoms with E-state index in [1.165, 1.54) is 11.3 Å². The van der Waals surface area contributed by atoms with E-state index in [1.807, 2.05) is 22.8 Å². The molecule has 1 atom stereocenters. The topological polar surface area (TPSA) is 71.2 Å². The highest BCUT2D eigenvalue weighted by atomic mass is 16.5. The fourth-order valence-corrected chi connectivity index (χ4v) is 3.64. The molecule has 1 saturated heterocycles. The Morgan fingerprint density at radius 1 is 1.32 bits per heavy atom. The SMILES string of the molecule is Cn1ncc2c1CCC(C(=O)N1CC(Oc3ccc(C#N)cc3)C1)C2. The lowest BCUT2D eigenvalue weighted by Crippen LogP contribution is -2.58. The highest BCUT2D eigenvalue weighted by Gasteiger charge is 2.37. The van der Waals surface area contributed by atoms with Gasteiger partial charge in [0.05, 0.1) is 30.9 Å². The van der Waals surface area contributed by atoms with Crippen molar-refractivity contribution in [1.29, 1.82) is 5.26 Å². The van der Waals surface area contributed by atoms with Crippen molar-refractivity contribution in [3.63, 3.8) is 0 Å². The molecule has 1 aliphatic carbocycles. The maximum absolute atomic E-state index is 12.7. The molecule has 1 aliphatic heterocycles. The van der Waals surface area contributed by atoms with E-state index in [0.717, 1.165) is 25.0 Å². The Bertz CT molecular complexity index is 828. The van der Waals surface area contributed by atoms with Crippen molar-refractivity contribution >= 4 is 5.91 Å². The summed E-state index contributed by atoms with van der Waals surface area (Å²) in [5, 5.41) is 13.1. The number of likely N-dealkylation sites (tertiary alicyclic amines) is 1. The smallest absolute Gasteiger partial charge is 0.226 e. The molecule has 2 heterocycles. The van der Waals surface area contributed by atoms with Crippen LogP contribution in [0.15, 0.2) is 30.5 Å². The fraction of sp³-hybridized carbons (Fsp3) is 0.421. The van der Waals surface area contributed by atoms with Crippen LogP contribution in [0, 0.1) is 17.2 Å². The summed E-state index contributed by atoms with van der Waals surface area (Å²) in [6.45, 7) is 1.27. The normalized spacial score (nSPS) is 19.7. The van der Waals surface area contributed by atoms with E-state index in [2.05, 4.69) is 11.2 Å². The van der Waals surface area contributed by atoms with Crippen LogP contribution in [0.4, 0.5) is 0 Å². The number of amides is 1. The van der Waals surface area contributed by atoms with Crippen molar-refractivity contribution in [3.05, 3.63) is 47.3 Å². The zero-order valence-corrected chi connectivity index (χ0v) is 14.2. The number of carbonyl (C=O) groups excluding carboxylic acids is 1. The van der Waals surface area contributed by atoms with E-state index in [9.17, 15) is 4.79 Å². The first kappa shape index (κ1) is 15.7. The van der Waals surface area contributed by atoms with E-state index >= 15 is 0 Å². The highest BCUT2D eigenvalue weighted by molar-refractivity contribution is 5.80. The number of ether oxygens (including phenoxy) is 1. The summed E-state index contributed by atoms with van der Waals surface area (Å²) >= 11 is 0. The number of hydrogen-bond acceptors (Lipinski definition) is 4. The molecule has 1 amide bonds. The van der Waals surface area contributed by atoms with Gasteiger partial charge in [0.15, 0.2) is 0 Å². The van der Waals surface area contributed by atoms with Crippen molar-refractivity contribution in [2.45, 2.75) is 25.4 Å².